The average molecular weight is 295 g/mol. The van der Waals surface area contributed by atoms with Gasteiger partial charge in [-0.3, -0.25) is 4.79 Å². The predicted octanol–water partition coefficient (Wildman–Crippen LogP) is 1.98. The van der Waals surface area contributed by atoms with Gasteiger partial charge in [-0.05, 0) is 24.2 Å². The number of hydrogen-bond acceptors (Lipinski definition) is 2. The molecule has 5 heteroatoms. The molecule has 0 aromatic rings. The lowest BCUT2D eigenvalue weighted by atomic mass is 9.70. The smallest absolute Gasteiger partial charge is 0.153 e. The van der Waals surface area contributed by atoms with Crippen molar-refractivity contribution in [1.29, 1.82) is 0 Å². The number of halogens is 1. The Kier molecular flexibility index (Phi) is 2.64. The predicted molar refractivity (Wildman–Crippen MR) is 62.3 cm³/mol. The highest BCUT2D eigenvalue weighted by Crippen LogP contribution is 2.65. The number of Topliss-reactive ketones (excluding diaryl/α,β-unsaturated/α-hetero) is 1. The number of ketones is 1. The van der Waals surface area contributed by atoms with Gasteiger partial charge in [0.05, 0.1) is 10.6 Å². The molecule has 1 N–H and O–H groups in total. The molecule has 0 amide bonds. The Bertz CT molecular complexity index is 346. The van der Waals surface area contributed by atoms with Crippen molar-refractivity contribution in [3.8, 4) is 0 Å². The second kappa shape index (κ2) is 3.37. The van der Waals surface area contributed by atoms with Gasteiger partial charge in [-0.15, -0.1) is 0 Å². The Labute approximate surface area is 100 Å². The second-order valence-electron chi connectivity index (χ2n) is 5.13. The Hall–Kier alpha value is 0.260. The van der Waals surface area contributed by atoms with Gasteiger partial charge in [0.15, 0.2) is 16.9 Å². The molecule has 2 fully saturated rings. The fourth-order valence-corrected chi connectivity index (χ4v) is 5.74. The Balaban J connectivity index is 2.42. The number of hydrogen-bond donors (Lipinski definition) is 1. The highest BCUT2D eigenvalue weighted by molar-refractivity contribution is 9.10. The maximum atomic E-state index is 12.1. The first kappa shape index (κ1) is 11.7. The first-order chi connectivity index (χ1) is 6.83. The molecule has 5 atom stereocenters. The Morgan fingerprint density at radius 3 is 2.60 bits per heavy atom. The van der Waals surface area contributed by atoms with Crippen LogP contribution in [-0.2, 0) is 15.9 Å². The zero-order valence-corrected chi connectivity index (χ0v) is 11.2. The summed E-state index contributed by atoms with van der Waals surface area (Å²) < 4.78 is 20.1. The molecule has 15 heavy (non-hydrogen) atoms. The molecule has 5 unspecified atom stereocenters. The maximum Gasteiger partial charge on any atom is 0.153 e. The lowest BCUT2D eigenvalue weighted by Crippen LogP contribution is -2.39. The van der Waals surface area contributed by atoms with E-state index in [0.29, 0.717) is 0 Å². The molecule has 2 saturated carbocycles. The molecule has 2 aliphatic carbocycles. The van der Waals surface area contributed by atoms with Crippen molar-refractivity contribution < 1.29 is 13.6 Å². The molecular formula is C10H15BrO3S. The van der Waals surface area contributed by atoms with Crippen LogP contribution in [0.4, 0.5) is 0 Å². The van der Waals surface area contributed by atoms with Gasteiger partial charge in [0, 0.05) is 5.41 Å². The van der Waals surface area contributed by atoms with Gasteiger partial charge in [-0.2, -0.15) is 0 Å². The van der Waals surface area contributed by atoms with Crippen LogP contribution in [0.3, 0.4) is 0 Å². The monoisotopic (exact) mass is 294 g/mol. The number of rotatable bonds is 2. The summed E-state index contributed by atoms with van der Waals surface area (Å²) in [5.74, 6) is 0.639. The summed E-state index contributed by atoms with van der Waals surface area (Å²) in [7, 11) is 0. The van der Waals surface area contributed by atoms with E-state index in [1.54, 1.807) is 0 Å². The lowest BCUT2D eigenvalue weighted by molar-refractivity contribution is -0.127. The third kappa shape index (κ3) is 1.32. The van der Waals surface area contributed by atoms with Crippen molar-refractivity contribution in [2.24, 2.45) is 16.7 Å². The van der Waals surface area contributed by atoms with E-state index in [0.717, 1.165) is 12.8 Å². The van der Waals surface area contributed by atoms with Crippen LogP contribution in [0.15, 0.2) is 0 Å². The van der Waals surface area contributed by atoms with Crippen LogP contribution in [0, 0.1) is 16.7 Å². The normalized spacial score (nSPS) is 51.1. The fraction of sp³-hybridized carbons (Fsp3) is 0.900. The summed E-state index contributed by atoms with van der Waals surface area (Å²) >= 11 is 1.61. The Morgan fingerprint density at radius 1 is 1.60 bits per heavy atom. The van der Waals surface area contributed by atoms with Crippen molar-refractivity contribution in [1.82, 2.24) is 0 Å². The molecule has 2 rings (SSSR count). The topological polar surface area (TPSA) is 54.4 Å². The second-order valence-corrected chi connectivity index (χ2v) is 7.04. The highest BCUT2D eigenvalue weighted by Gasteiger charge is 2.68. The molecule has 3 nitrogen and oxygen atoms in total. The van der Waals surface area contributed by atoms with E-state index in [1.165, 1.54) is 0 Å². The summed E-state index contributed by atoms with van der Waals surface area (Å²) in [5.41, 5.74) is -0.734. The summed E-state index contributed by atoms with van der Waals surface area (Å²) in [4.78, 5) is 11.9. The van der Waals surface area contributed by atoms with Gasteiger partial charge >= 0.3 is 0 Å². The zero-order valence-electron chi connectivity index (χ0n) is 8.83. The highest BCUT2D eigenvalue weighted by atomic mass is 79.9. The van der Waals surface area contributed by atoms with Gasteiger partial charge in [0.25, 0.3) is 0 Å². The van der Waals surface area contributed by atoms with E-state index < -0.39 is 16.5 Å². The van der Waals surface area contributed by atoms with Crippen molar-refractivity contribution in [3.63, 3.8) is 0 Å². The van der Waals surface area contributed by atoms with Gasteiger partial charge in [-0.25, -0.2) is 4.21 Å². The third-order valence-corrected chi connectivity index (χ3v) is 6.51. The zero-order chi connectivity index (χ0) is 11.4. The van der Waals surface area contributed by atoms with Gasteiger partial charge in [0.1, 0.15) is 0 Å². The van der Waals surface area contributed by atoms with Crippen LogP contribution >= 0.6 is 15.9 Å². The van der Waals surface area contributed by atoms with Gasteiger partial charge in [-0.1, -0.05) is 29.8 Å². The molecule has 0 radical (unpaired) electrons. The van der Waals surface area contributed by atoms with E-state index >= 15 is 0 Å². The van der Waals surface area contributed by atoms with Crippen LogP contribution < -0.4 is 0 Å². The van der Waals surface area contributed by atoms with Gasteiger partial charge < -0.3 is 4.55 Å². The quantitative estimate of drug-likeness (QED) is 0.626. The minimum absolute atomic E-state index is 0.121. The first-order valence-electron chi connectivity index (χ1n) is 5.09. The molecule has 0 heterocycles. The van der Waals surface area contributed by atoms with Crippen LogP contribution in [0.25, 0.3) is 0 Å². The molecule has 0 saturated heterocycles. The molecule has 0 spiro atoms. The first-order valence-corrected chi connectivity index (χ1v) is 7.28. The SMILES string of the molecule is CC12CCC(C(Br)C1=O)C2(C)CS(=O)O. The van der Waals surface area contributed by atoms with E-state index in [4.69, 9.17) is 4.55 Å². The largest absolute Gasteiger partial charge is 0.306 e. The molecule has 86 valence electrons. The van der Waals surface area contributed by atoms with E-state index in [9.17, 15) is 9.00 Å². The summed E-state index contributed by atoms with van der Waals surface area (Å²) in [6.45, 7) is 3.93. The van der Waals surface area contributed by atoms with Crippen LogP contribution in [0.1, 0.15) is 26.7 Å². The van der Waals surface area contributed by atoms with E-state index in [-0.39, 0.29) is 27.7 Å². The summed E-state index contributed by atoms with van der Waals surface area (Å²) in [6, 6.07) is 0. The number of carbonyl (C=O) groups excluding carboxylic acids is 1. The lowest BCUT2D eigenvalue weighted by Gasteiger charge is -2.35. The third-order valence-electron chi connectivity index (χ3n) is 4.61. The van der Waals surface area contributed by atoms with Crippen molar-refractivity contribution in [2.45, 2.75) is 31.5 Å². The molecule has 0 aromatic carbocycles. The number of fused-ring (bicyclic) bond motifs is 2. The molecule has 2 aliphatic rings. The van der Waals surface area contributed by atoms with Crippen LogP contribution in [-0.4, -0.2) is 25.1 Å². The number of carbonyl (C=O) groups is 1. The standard InChI is InChI=1S/C10H15BrO3S/c1-9-4-3-6(7(11)8(9)12)10(9,2)5-15(13)14/h6-7H,3-5H2,1-2H3,(H,13,14). The molecular weight excluding hydrogens is 280 g/mol. The number of alkyl halides is 1. The van der Waals surface area contributed by atoms with Crippen LogP contribution in [0.5, 0.6) is 0 Å². The van der Waals surface area contributed by atoms with Crippen molar-refractivity contribution in [3.05, 3.63) is 0 Å². The van der Waals surface area contributed by atoms with Gasteiger partial charge in [0.2, 0.25) is 0 Å². The summed E-state index contributed by atoms with van der Waals surface area (Å²) in [5, 5.41) is 0. The van der Waals surface area contributed by atoms with Crippen molar-refractivity contribution in [2.75, 3.05) is 5.75 Å². The molecule has 0 aromatic heterocycles. The van der Waals surface area contributed by atoms with Crippen LogP contribution in [0.2, 0.25) is 0 Å². The minimum atomic E-state index is -1.82. The minimum Gasteiger partial charge on any atom is -0.306 e. The fourth-order valence-electron chi connectivity index (χ4n) is 3.34. The molecule has 0 aliphatic heterocycles. The average Bonchev–Trinajstić information content (AvgIpc) is 2.42. The van der Waals surface area contributed by atoms with Crippen molar-refractivity contribution >= 4 is 32.8 Å². The Morgan fingerprint density at radius 2 is 2.20 bits per heavy atom. The van der Waals surface area contributed by atoms with E-state index in [1.807, 2.05) is 13.8 Å². The van der Waals surface area contributed by atoms with E-state index in [2.05, 4.69) is 15.9 Å². The summed E-state index contributed by atoms with van der Waals surface area (Å²) in [6.07, 6.45) is 1.83. The maximum absolute atomic E-state index is 12.1. The molecule has 2 bridgehead atoms.